The number of aromatic nitrogens is 2. The average Bonchev–Trinajstić information content (AvgIpc) is 2.52. The van der Waals surface area contributed by atoms with Crippen LogP contribution in [0.1, 0.15) is 10.5 Å². The summed E-state index contributed by atoms with van der Waals surface area (Å²) in [4.78, 5) is 34.5. The van der Waals surface area contributed by atoms with Gasteiger partial charge in [0, 0.05) is 38.9 Å². The fraction of sp³-hybridized carbons (Fsp3) is 0.385. The van der Waals surface area contributed by atoms with Crippen LogP contribution in [0.5, 0.6) is 0 Å². The highest BCUT2D eigenvalue weighted by atomic mass is 16.2. The van der Waals surface area contributed by atoms with Gasteiger partial charge in [-0.05, 0) is 6.07 Å². The van der Waals surface area contributed by atoms with Gasteiger partial charge in [0.05, 0.1) is 0 Å². The van der Waals surface area contributed by atoms with Gasteiger partial charge in [-0.15, -0.1) is 6.58 Å². The van der Waals surface area contributed by atoms with Gasteiger partial charge in [-0.3, -0.25) is 9.59 Å². The van der Waals surface area contributed by atoms with Gasteiger partial charge in [-0.2, -0.15) is 0 Å². The molecule has 0 saturated carbocycles. The van der Waals surface area contributed by atoms with E-state index in [4.69, 9.17) is 0 Å². The zero-order chi connectivity index (χ0) is 14.4. The van der Waals surface area contributed by atoms with Gasteiger partial charge in [0.2, 0.25) is 12.4 Å². The fourth-order valence-electron chi connectivity index (χ4n) is 1.92. The summed E-state index contributed by atoms with van der Waals surface area (Å²) in [5, 5.41) is 2.94. The van der Waals surface area contributed by atoms with E-state index >= 15 is 0 Å². The van der Waals surface area contributed by atoms with Crippen molar-refractivity contribution in [1.82, 2.24) is 19.8 Å². The molecule has 0 bridgehead atoms. The van der Waals surface area contributed by atoms with E-state index < -0.39 is 0 Å². The SMILES string of the molecule is C=CCNc1nccc(C(=O)N2CCN(C=O)CC2)n1. The lowest BCUT2D eigenvalue weighted by molar-refractivity contribution is -0.119. The van der Waals surface area contributed by atoms with Crippen LogP contribution in [0.4, 0.5) is 5.95 Å². The summed E-state index contributed by atoms with van der Waals surface area (Å²) in [7, 11) is 0. The number of hydrogen-bond acceptors (Lipinski definition) is 5. The van der Waals surface area contributed by atoms with Crippen LogP contribution in [-0.4, -0.2) is 64.8 Å². The fourth-order valence-corrected chi connectivity index (χ4v) is 1.92. The topological polar surface area (TPSA) is 78.4 Å². The van der Waals surface area contributed by atoms with Crippen molar-refractivity contribution in [2.75, 3.05) is 38.0 Å². The Morgan fingerprint density at radius 1 is 1.40 bits per heavy atom. The lowest BCUT2D eigenvalue weighted by atomic mass is 10.3. The van der Waals surface area contributed by atoms with E-state index in [2.05, 4.69) is 21.9 Å². The molecule has 1 aromatic heterocycles. The Morgan fingerprint density at radius 3 is 2.80 bits per heavy atom. The van der Waals surface area contributed by atoms with E-state index in [9.17, 15) is 9.59 Å². The molecule has 1 N–H and O–H groups in total. The summed E-state index contributed by atoms with van der Waals surface area (Å²) in [6, 6.07) is 1.59. The Balaban J connectivity index is 2.01. The van der Waals surface area contributed by atoms with Crippen molar-refractivity contribution < 1.29 is 9.59 Å². The van der Waals surface area contributed by atoms with Crippen molar-refractivity contribution in [3.63, 3.8) is 0 Å². The van der Waals surface area contributed by atoms with E-state index in [1.165, 1.54) is 0 Å². The lowest BCUT2D eigenvalue weighted by Gasteiger charge is -2.32. The molecule has 1 aliphatic rings. The van der Waals surface area contributed by atoms with Crippen LogP contribution in [-0.2, 0) is 4.79 Å². The number of amides is 2. The minimum Gasteiger partial charge on any atom is -0.351 e. The lowest BCUT2D eigenvalue weighted by Crippen LogP contribution is -2.48. The van der Waals surface area contributed by atoms with Crippen LogP contribution in [0.15, 0.2) is 24.9 Å². The molecule has 7 nitrogen and oxygen atoms in total. The third kappa shape index (κ3) is 3.31. The second-order valence-corrected chi connectivity index (χ2v) is 4.37. The minimum absolute atomic E-state index is 0.139. The van der Waals surface area contributed by atoms with Gasteiger partial charge in [0.25, 0.3) is 5.91 Å². The smallest absolute Gasteiger partial charge is 0.272 e. The van der Waals surface area contributed by atoms with Crippen LogP contribution >= 0.6 is 0 Å². The zero-order valence-corrected chi connectivity index (χ0v) is 11.2. The summed E-state index contributed by atoms with van der Waals surface area (Å²) < 4.78 is 0. The number of carbonyl (C=O) groups is 2. The molecule has 0 radical (unpaired) electrons. The Bertz CT molecular complexity index is 497. The standard InChI is InChI=1S/C13H17N5O2/c1-2-4-14-13-15-5-3-11(16-13)12(20)18-8-6-17(10-19)7-9-18/h2-3,5,10H,1,4,6-9H2,(H,14,15,16). The molecule has 20 heavy (non-hydrogen) atoms. The first-order valence-electron chi connectivity index (χ1n) is 6.41. The molecule has 0 spiro atoms. The van der Waals surface area contributed by atoms with E-state index in [-0.39, 0.29) is 5.91 Å². The van der Waals surface area contributed by atoms with Crippen LogP contribution in [0.2, 0.25) is 0 Å². The number of anilines is 1. The van der Waals surface area contributed by atoms with Crippen molar-refractivity contribution >= 4 is 18.3 Å². The number of carbonyl (C=O) groups excluding carboxylic acids is 2. The van der Waals surface area contributed by atoms with Gasteiger partial charge in [-0.25, -0.2) is 9.97 Å². The van der Waals surface area contributed by atoms with Gasteiger partial charge in [-0.1, -0.05) is 6.08 Å². The molecule has 1 fully saturated rings. The molecule has 2 rings (SSSR count). The van der Waals surface area contributed by atoms with Crippen molar-refractivity contribution in [3.8, 4) is 0 Å². The third-order valence-corrected chi connectivity index (χ3v) is 3.03. The van der Waals surface area contributed by atoms with Gasteiger partial charge in [0.1, 0.15) is 5.69 Å². The summed E-state index contributed by atoms with van der Waals surface area (Å²) in [5.41, 5.74) is 0.353. The van der Waals surface area contributed by atoms with Crippen LogP contribution in [0.3, 0.4) is 0 Å². The molecular formula is C13H17N5O2. The molecule has 1 saturated heterocycles. The van der Waals surface area contributed by atoms with Crippen LogP contribution in [0.25, 0.3) is 0 Å². The normalized spacial score (nSPS) is 14.8. The van der Waals surface area contributed by atoms with Crippen molar-refractivity contribution in [2.45, 2.75) is 0 Å². The zero-order valence-electron chi connectivity index (χ0n) is 11.2. The summed E-state index contributed by atoms with van der Waals surface area (Å²) in [6.45, 7) is 6.30. The van der Waals surface area contributed by atoms with E-state index in [0.717, 1.165) is 6.41 Å². The second kappa shape index (κ2) is 6.65. The molecule has 0 aromatic carbocycles. The average molecular weight is 275 g/mol. The molecule has 2 heterocycles. The van der Waals surface area contributed by atoms with Crippen molar-refractivity contribution in [3.05, 3.63) is 30.6 Å². The first-order valence-corrected chi connectivity index (χ1v) is 6.41. The van der Waals surface area contributed by atoms with Gasteiger partial charge < -0.3 is 15.1 Å². The molecule has 1 aliphatic heterocycles. The molecule has 0 aliphatic carbocycles. The highest BCUT2D eigenvalue weighted by Crippen LogP contribution is 2.07. The van der Waals surface area contributed by atoms with Crippen molar-refractivity contribution in [1.29, 1.82) is 0 Å². The van der Waals surface area contributed by atoms with E-state index in [0.29, 0.717) is 44.4 Å². The first-order chi connectivity index (χ1) is 9.74. The summed E-state index contributed by atoms with van der Waals surface area (Å²) >= 11 is 0. The summed E-state index contributed by atoms with van der Waals surface area (Å²) in [5.74, 6) is 0.266. The largest absolute Gasteiger partial charge is 0.351 e. The Labute approximate surface area is 117 Å². The first kappa shape index (κ1) is 14.0. The molecule has 1 aromatic rings. The maximum absolute atomic E-state index is 12.3. The molecule has 2 amide bonds. The van der Waals surface area contributed by atoms with Crippen LogP contribution in [0, 0.1) is 0 Å². The van der Waals surface area contributed by atoms with Crippen molar-refractivity contribution in [2.24, 2.45) is 0 Å². The number of piperazine rings is 1. The monoisotopic (exact) mass is 275 g/mol. The molecule has 106 valence electrons. The van der Waals surface area contributed by atoms with E-state index in [1.54, 1.807) is 28.1 Å². The van der Waals surface area contributed by atoms with Gasteiger partial charge in [0.15, 0.2) is 0 Å². The third-order valence-electron chi connectivity index (χ3n) is 3.03. The predicted molar refractivity (Wildman–Crippen MR) is 74.3 cm³/mol. The predicted octanol–water partition coefficient (Wildman–Crippen LogP) is -0.0113. The highest BCUT2D eigenvalue weighted by Gasteiger charge is 2.22. The number of rotatable bonds is 5. The second-order valence-electron chi connectivity index (χ2n) is 4.37. The molecular weight excluding hydrogens is 258 g/mol. The Hall–Kier alpha value is -2.44. The van der Waals surface area contributed by atoms with Crippen LogP contribution < -0.4 is 5.32 Å². The molecule has 0 unspecified atom stereocenters. The number of nitrogens with zero attached hydrogens (tertiary/aromatic N) is 4. The Kier molecular flexibility index (Phi) is 4.65. The maximum Gasteiger partial charge on any atom is 0.272 e. The number of hydrogen-bond donors (Lipinski definition) is 1. The van der Waals surface area contributed by atoms with Gasteiger partial charge >= 0.3 is 0 Å². The highest BCUT2D eigenvalue weighted by molar-refractivity contribution is 5.92. The minimum atomic E-state index is -0.139. The van der Waals surface area contributed by atoms with E-state index in [1.807, 2.05) is 0 Å². The number of nitrogens with one attached hydrogen (secondary N) is 1. The quantitative estimate of drug-likeness (QED) is 0.604. The molecule has 7 heteroatoms. The summed E-state index contributed by atoms with van der Waals surface area (Å²) in [6.07, 6.45) is 4.05. The molecule has 0 atom stereocenters. The maximum atomic E-state index is 12.3. The Morgan fingerprint density at radius 2 is 2.15 bits per heavy atom.